The zero-order chi connectivity index (χ0) is 20.5. The van der Waals surface area contributed by atoms with Crippen molar-refractivity contribution in [3.8, 4) is 5.75 Å². The van der Waals surface area contributed by atoms with Crippen molar-refractivity contribution in [3.05, 3.63) is 63.1 Å². The second kappa shape index (κ2) is 7.06. The number of ether oxygens (including phenoxy) is 1. The molecule has 0 radical (unpaired) electrons. The molecule has 9 nitrogen and oxygen atoms in total. The van der Waals surface area contributed by atoms with E-state index in [9.17, 15) is 32.9 Å². The van der Waals surface area contributed by atoms with Crippen molar-refractivity contribution in [1.82, 2.24) is 4.57 Å². The number of nitro benzene ring substituents is 1. The Morgan fingerprint density at radius 1 is 1.21 bits per heavy atom. The Kier molecular flexibility index (Phi) is 4.78. The smallest absolute Gasteiger partial charge is 0.408 e. The lowest BCUT2D eigenvalue weighted by Crippen LogP contribution is -2.24. The summed E-state index contributed by atoms with van der Waals surface area (Å²) >= 11 is 0. The van der Waals surface area contributed by atoms with Gasteiger partial charge in [0.2, 0.25) is 5.91 Å². The summed E-state index contributed by atoms with van der Waals surface area (Å²) in [4.78, 5) is 34.3. The van der Waals surface area contributed by atoms with Crippen LogP contribution >= 0.6 is 0 Å². The highest BCUT2D eigenvalue weighted by Gasteiger charge is 2.31. The standard InChI is InChI=1S/C16H10F3N3O6/c17-16(18,19)28-11-4-1-9(2-5-11)20-14(23)8-21-12-7-10(22(25)26)3-6-13(12)27-15(21)24/h1-7H,8H2,(H,20,23). The number of oxazole rings is 1. The van der Waals surface area contributed by atoms with Gasteiger partial charge in [-0.25, -0.2) is 4.79 Å². The van der Waals surface area contributed by atoms with Gasteiger partial charge in [-0.05, 0) is 30.3 Å². The number of hydrogen-bond donors (Lipinski definition) is 1. The number of non-ortho nitro benzene ring substituents is 1. The van der Waals surface area contributed by atoms with E-state index >= 15 is 0 Å². The molecule has 3 aromatic rings. The van der Waals surface area contributed by atoms with Crippen LogP contribution < -0.4 is 15.8 Å². The van der Waals surface area contributed by atoms with Crippen LogP contribution in [0.2, 0.25) is 0 Å². The van der Waals surface area contributed by atoms with Crippen molar-refractivity contribution in [1.29, 1.82) is 0 Å². The van der Waals surface area contributed by atoms with Gasteiger partial charge in [-0.15, -0.1) is 13.2 Å². The fourth-order valence-electron chi connectivity index (χ4n) is 2.40. The van der Waals surface area contributed by atoms with E-state index in [1.807, 2.05) is 0 Å². The average molecular weight is 397 g/mol. The van der Waals surface area contributed by atoms with Gasteiger partial charge in [-0.3, -0.25) is 19.5 Å². The molecule has 12 heteroatoms. The molecule has 1 aromatic heterocycles. The number of alkyl halides is 3. The lowest BCUT2D eigenvalue weighted by atomic mass is 10.3. The van der Waals surface area contributed by atoms with Gasteiger partial charge >= 0.3 is 12.1 Å². The van der Waals surface area contributed by atoms with Crippen LogP contribution in [-0.2, 0) is 11.3 Å². The number of nitrogens with one attached hydrogen (secondary N) is 1. The summed E-state index contributed by atoms with van der Waals surface area (Å²) in [5, 5.41) is 13.3. The highest BCUT2D eigenvalue weighted by molar-refractivity contribution is 5.91. The van der Waals surface area contributed by atoms with E-state index in [4.69, 9.17) is 4.42 Å². The van der Waals surface area contributed by atoms with Crippen LogP contribution in [0, 0.1) is 10.1 Å². The molecule has 146 valence electrons. The highest BCUT2D eigenvalue weighted by Crippen LogP contribution is 2.24. The molecule has 1 heterocycles. The molecule has 1 amide bonds. The van der Waals surface area contributed by atoms with E-state index < -0.39 is 35.2 Å². The summed E-state index contributed by atoms with van der Waals surface area (Å²) in [6.45, 7) is -0.520. The third-order valence-corrected chi connectivity index (χ3v) is 3.54. The molecular weight excluding hydrogens is 387 g/mol. The first-order chi connectivity index (χ1) is 13.1. The summed E-state index contributed by atoms with van der Waals surface area (Å²) < 4.78 is 45.9. The van der Waals surface area contributed by atoms with E-state index in [0.29, 0.717) is 0 Å². The summed E-state index contributed by atoms with van der Waals surface area (Å²) in [7, 11) is 0. The van der Waals surface area contributed by atoms with Crippen LogP contribution in [0.15, 0.2) is 51.7 Å². The van der Waals surface area contributed by atoms with Crippen LogP contribution in [-0.4, -0.2) is 21.8 Å². The number of carbonyl (C=O) groups is 1. The third-order valence-electron chi connectivity index (χ3n) is 3.54. The van der Waals surface area contributed by atoms with Gasteiger partial charge in [0.05, 0.1) is 10.4 Å². The molecular formula is C16H10F3N3O6. The number of benzene rings is 2. The number of amides is 1. The molecule has 0 saturated heterocycles. The van der Waals surface area contributed by atoms with E-state index in [-0.39, 0.29) is 22.5 Å². The number of nitro groups is 1. The van der Waals surface area contributed by atoms with Crippen molar-refractivity contribution >= 4 is 28.4 Å². The van der Waals surface area contributed by atoms with Crippen molar-refractivity contribution < 1.29 is 32.0 Å². The Labute approximate surface area is 153 Å². The molecule has 0 aliphatic carbocycles. The van der Waals surface area contributed by atoms with Crippen molar-refractivity contribution in [2.24, 2.45) is 0 Å². The van der Waals surface area contributed by atoms with Crippen molar-refractivity contribution in [3.63, 3.8) is 0 Å². The lowest BCUT2D eigenvalue weighted by Gasteiger charge is -2.10. The van der Waals surface area contributed by atoms with Gasteiger partial charge in [0.25, 0.3) is 5.69 Å². The maximum absolute atomic E-state index is 12.2. The first-order valence-corrected chi connectivity index (χ1v) is 7.56. The Morgan fingerprint density at radius 2 is 1.89 bits per heavy atom. The molecule has 0 fully saturated rings. The van der Waals surface area contributed by atoms with Gasteiger partial charge in [0, 0.05) is 17.8 Å². The van der Waals surface area contributed by atoms with Gasteiger partial charge in [0.1, 0.15) is 12.3 Å². The number of anilines is 1. The second-order valence-corrected chi connectivity index (χ2v) is 5.48. The van der Waals surface area contributed by atoms with Crippen LogP contribution in [0.25, 0.3) is 11.1 Å². The molecule has 0 bridgehead atoms. The fraction of sp³-hybridized carbons (Fsp3) is 0.125. The number of carbonyl (C=O) groups excluding carboxylic acids is 1. The van der Waals surface area contributed by atoms with Gasteiger partial charge < -0.3 is 14.5 Å². The predicted octanol–water partition coefficient (Wildman–Crippen LogP) is 3.04. The number of hydrogen-bond acceptors (Lipinski definition) is 6. The summed E-state index contributed by atoms with van der Waals surface area (Å²) in [5.41, 5.74) is -0.00519. The lowest BCUT2D eigenvalue weighted by molar-refractivity contribution is -0.384. The van der Waals surface area contributed by atoms with E-state index in [1.165, 1.54) is 18.2 Å². The van der Waals surface area contributed by atoms with Crippen LogP contribution in [0.5, 0.6) is 5.75 Å². The van der Waals surface area contributed by atoms with Gasteiger partial charge in [0.15, 0.2) is 5.58 Å². The monoisotopic (exact) mass is 397 g/mol. The topological polar surface area (TPSA) is 117 Å². The molecule has 1 N–H and O–H groups in total. The van der Waals surface area contributed by atoms with Gasteiger partial charge in [-0.2, -0.15) is 0 Å². The zero-order valence-corrected chi connectivity index (χ0v) is 13.7. The van der Waals surface area contributed by atoms with E-state index in [2.05, 4.69) is 10.1 Å². The minimum absolute atomic E-state index is 0.0586. The SMILES string of the molecule is O=C(Cn1c(=O)oc2ccc([N+](=O)[O-])cc21)Nc1ccc(OC(F)(F)F)cc1. The molecule has 0 atom stereocenters. The molecule has 0 aliphatic heterocycles. The summed E-state index contributed by atoms with van der Waals surface area (Å²) in [5.74, 6) is -2.05. The molecule has 0 aliphatic rings. The number of nitrogens with zero attached hydrogens (tertiary/aromatic N) is 2. The highest BCUT2D eigenvalue weighted by atomic mass is 19.4. The van der Waals surface area contributed by atoms with E-state index in [1.54, 1.807) is 0 Å². The molecule has 3 rings (SSSR count). The van der Waals surface area contributed by atoms with E-state index in [0.717, 1.165) is 28.8 Å². The number of rotatable bonds is 5. The maximum Gasteiger partial charge on any atom is 0.573 e. The average Bonchev–Trinajstić information content (AvgIpc) is 2.90. The molecule has 0 spiro atoms. The third kappa shape index (κ3) is 4.28. The molecule has 2 aromatic carbocycles. The summed E-state index contributed by atoms with van der Waals surface area (Å²) in [6.07, 6.45) is -4.84. The zero-order valence-electron chi connectivity index (χ0n) is 13.7. The molecule has 0 saturated carbocycles. The minimum Gasteiger partial charge on any atom is -0.408 e. The predicted molar refractivity (Wildman–Crippen MR) is 88.9 cm³/mol. The second-order valence-electron chi connectivity index (χ2n) is 5.48. The quantitative estimate of drug-likeness (QED) is 0.522. The number of fused-ring (bicyclic) bond motifs is 1. The first kappa shape index (κ1) is 18.9. The largest absolute Gasteiger partial charge is 0.573 e. The van der Waals surface area contributed by atoms with Gasteiger partial charge in [-0.1, -0.05) is 0 Å². The number of aromatic nitrogens is 1. The summed E-state index contributed by atoms with van der Waals surface area (Å²) in [6, 6.07) is 7.86. The minimum atomic E-state index is -4.84. The maximum atomic E-state index is 12.2. The van der Waals surface area contributed by atoms with Crippen molar-refractivity contribution in [2.75, 3.05) is 5.32 Å². The number of halogens is 3. The van der Waals surface area contributed by atoms with Crippen LogP contribution in [0.1, 0.15) is 0 Å². The van der Waals surface area contributed by atoms with Crippen LogP contribution in [0.4, 0.5) is 24.5 Å². The Hall–Kier alpha value is -3.83. The fourth-order valence-corrected chi connectivity index (χ4v) is 2.40. The van der Waals surface area contributed by atoms with Crippen LogP contribution in [0.3, 0.4) is 0 Å². The Balaban J connectivity index is 1.76. The Bertz CT molecular complexity index is 1100. The molecule has 0 unspecified atom stereocenters. The first-order valence-electron chi connectivity index (χ1n) is 7.56. The Morgan fingerprint density at radius 3 is 2.50 bits per heavy atom. The molecule has 28 heavy (non-hydrogen) atoms. The van der Waals surface area contributed by atoms with Crippen molar-refractivity contribution in [2.45, 2.75) is 12.9 Å². The normalized spacial score (nSPS) is 11.4.